The fourth-order valence-electron chi connectivity index (χ4n) is 8.32. The highest BCUT2D eigenvalue weighted by molar-refractivity contribution is 6.12. The minimum Gasteiger partial charge on any atom is -0.382 e. The number of hydrogen-bond donors (Lipinski definition) is 3. The van der Waals surface area contributed by atoms with Crippen LogP contribution in [0.2, 0.25) is 0 Å². The van der Waals surface area contributed by atoms with Gasteiger partial charge in [0.2, 0.25) is 5.91 Å². The van der Waals surface area contributed by atoms with Gasteiger partial charge in [-0.25, -0.2) is 22.8 Å². The minimum absolute atomic E-state index is 0.0260. The number of likely N-dealkylation sites (tertiary alicyclic amines) is 1. The van der Waals surface area contributed by atoms with Crippen molar-refractivity contribution in [1.29, 1.82) is 0 Å². The summed E-state index contributed by atoms with van der Waals surface area (Å²) < 4.78 is 65.1. The number of alkyl halides is 1. The molecule has 2 saturated heterocycles. The van der Waals surface area contributed by atoms with Gasteiger partial charge >= 0.3 is 0 Å². The fraction of sp³-hybridized carbons (Fsp3) is 0.477. The Bertz CT molecular complexity index is 2290. The second kappa shape index (κ2) is 20.8. The van der Waals surface area contributed by atoms with Gasteiger partial charge in [-0.3, -0.25) is 24.1 Å². The van der Waals surface area contributed by atoms with Gasteiger partial charge in [-0.2, -0.15) is 0 Å². The summed E-state index contributed by atoms with van der Waals surface area (Å²) >= 11 is 0. The monoisotopic (exact) mass is 891 g/mol. The maximum atomic E-state index is 15.3. The zero-order valence-corrected chi connectivity index (χ0v) is 35.6. The Kier molecular flexibility index (Phi) is 15.0. The lowest BCUT2D eigenvalue weighted by Gasteiger charge is -2.47. The van der Waals surface area contributed by atoms with Gasteiger partial charge in [-0.15, -0.1) is 5.10 Å². The van der Waals surface area contributed by atoms with Gasteiger partial charge in [0.05, 0.1) is 70.7 Å². The number of fused-ring (bicyclic) bond motifs is 1. The number of piperidine rings is 1. The Morgan fingerprint density at radius 3 is 2.39 bits per heavy atom. The molecule has 2 aromatic carbocycles. The first-order chi connectivity index (χ1) is 30.8. The highest BCUT2D eigenvalue weighted by Crippen LogP contribution is 2.45. The summed E-state index contributed by atoms with van der Waals surface area (Å²) in [4.78, 5) is 58.5. The molecule has 2 fully saturated rings. The Labute approximate surface area is 367 Å². The van der Waals surface area contributed by atoms with Crippen molar-refractivity contribution in [3.63, 3.8) is 0 Å². The predicted molar refractivity (Wildman–Crippen MR) is 222 cm³/mol. The lowest BCUT2D eigenvalue weighted by molar-refractivity contribution is -0.156. The molecule has 7 rings (SSSR count). The molecule has 0 spiro atoms. The number of carbonyl (C=O) groups is 4. The quantitative estimate of drug-likeness (QED) is 0.0772. The van der Waals surface area contributed by atoms with Crippen LogP contribution in [0.3, 0.4) is 0 Å². The first kappa shape index (κ1) is 46.2. The molecule has 5 heterocycles. The van der Waals surface area contributed by atoms with Crippen LogP contribution in [0, 0.1) is 23.0 Å². The van der Waals surface area contributed by atoms with Crippen molar-refractivity contribution in [3.05, 3.63) is 102 Å². The van der Waals surface area contributed by atoms with Crippen molar-refractivity contribution in [2.24, 2.45) is 11.3 Å². The summed E-state index contributed by atoms with van der Waals surface area (Å²) in [5, 5.41) is 25.0. The summed E-state index contributed by atoms with van der Waals surface area (Å²) in [6, 6.07) is 10.6. The molecule has 64 heavy (non-hydrogen) atoms. The van der Waals surface area contributed by atoms with Gasteiger partial charge < -0.3 is 39.4 Å². The number of benzene rings is 2. The standard InChI is InChI=1S/C44H52F3N9O8/c1-44(2,21-36(57)48-12-14-62-16-18-64-19-17-63-15-13-54-24-30(51-52-54)25-55-37(58)10-11-38(55)59)41(56-26-32-34(47)22-49-39(32)40(60)43(56)61)42-50-35(31-20-29(45)8-9-33(31)46)27-53(42)23-28-6-4-3-5-7-28/h3-11,20,24,27,32,34,39-41,49,60H,12-19,21-23,25-26H2,1-2H3,(H,48,57)/t32-,34?,39?,40-,41-/m0/s1. The molecule has 3 aliphatic heterocycles. The molecular formula is C44H52F3N9O8. The van der Waals surface area contributed by atoms with Gasteiger partial charge in [0, 0.05) is 73.9 Å². The van der Waals surface area contributed by atoms with E-state index in [1.54, 1.807) is 35.5 Å². The molecule has 2 aromatic heterocycles. The van der Waals surface area contributed by atoms with Crippen molar-refractivity contribution in [3.8, 4) is 11.3 Å². The minimum atomic E-state index is -1.56. The molecule has 342 valence electrons. The molecular weight excluding hydrogens is 840 g/mol. The third-order valence-electron chi connectivity index (χ3n) is 11.5. The van der Waals surface area contributed by atoms with Crippen molar-refractivity contribution < 1.29 is 51.7 Å². The Hall–Kier alpha value is -5.80. The van der Waals surface area contributed by atoms with Crippen molar-refractivity contribution in [2.75, 3.05) is 59.3 Å². The number of nitrogens with one attached hydrogen (secondary N) is 2. The average Bonchev–Trinajstić information content (AvgIpc) is 4.06. The maximum absolute atomic E-state index is 15.3. The number of carbonyl (C=O) groups excluding carboxylic acids is 4. The van der Waals surface area contributed by atoms with Gasteiger partial charge in [0.15, 0.2) is 0 Å². The van der Waals surface area contributed by atoms with Gasteiger partial charge in [0.1, 0.15) is 35.4 Å². The third-order valence-corrected chi connectivity index (χ3v) is 11.5. The summed E-state index contributed by atoms with van der Waals surface area (Å²) in [5.74, 6) is -3.67. The number of halogens is 3. The van der Waals surface area contributed by atoms with Crippen LogP contribution in [0.5, 0.6) is 0 Å². The largest absolute Gasteiger partial charge is 0.382 e. The number of aromatic nitrogens is 5. The number of nitrogens with zero attached hydrogens (tertiary/aromatic N) is 7. The Balaban J connectivity index is 0.921. The number of ether oxygens (including phenoxy) is 3. The predicted octanol–water partition coefficient (Wildman–Crippen LogP) is 2.35. The van der Waals surface area contributed by atoms with Crippen LogP contribution in [0.4, 0.5) is 13.2 Å². The molecule has 0 radical (unpaired) electrons. The molecule has 0 saturated carbocycles. The van der Waals surface area contributed by atoms with E-state index in [1.165, 1.54) is 17.1 Å². The zero-order chi connectivity index (χ0) is 45.4. The Morgan fingerprint density at radius 2 is 1.66 bits per heavy atom. The van der Waals surface area contributed by atoms with Crippen molar-refractivity contribution >= 4 is 23.6 Å². The van der Waals surface area contributed by atoms with Crippen LogP contribution in [0.25, 0.3) is 11.3 Å². The molecule has 17 nitrogen and oxygen atoms in total. The first-order valence-electron chi connectivity index (χ1n) is 21.1. The highest BCUT2D eigenvalue weighted by Gasteiger charge is 2.53. The normalized spacial score (nSPS) is 20.4. The highest BCUT2D eigenvalue weighted by atomic mass is 19.1. The van der Waals surface area contributed by atoms with Gasteiger partial charge in [-0.05, 0) is 23.8 Å². The summed E-state index contributed by atoms with van der Waals surface area (Å²) in [6.45, 7) is 5.98. The van der Waals surface area contributed by atoms with E-state index in [0.717, 1.165) is 28.7 Å². The van der Waals surface area contributed by atoms with Crippen LogP contribution in [-0.4, -0.2) is 141 Å². The van der Waals surface area contributed by atoms with Crippen molar-refractivity contribution in [1.82, 2.24) is 45.0 Å². The number of aliphatic hydroxyl groups excluding tert-OH is 1. The molecule has 0 bridgehead atoms. The van der Waals surface area contributed by atoms with E-state index in [0.29, 0.717) is 32.1 Å². The lowest BCUT2D eigenvalue weighted by atomic mass is 9.77. The van der Waals surface area contributed by atoms with Crippen LogP contribution < -0.4 is 10.6 Å². The molecule has 4 amide bonds. The van der Waals surface area contributed by atoms with Crippen molar-refractivity contribution in [2.45, 2.75) is 64.3 Å². The Morgan fingerprint density at radius 1 is 0.953 bits per heavy atom. The summed E-state index contributed by atoms with van der Waals surface area (Å²) in [6.07, 6.45) is 2.60. The average molecular weight is 892 g/mol. The molecule has 4 aromatic rings. The number of amides is 4. The fourth-order valence-corrected chi connectivity index (χ4v) is 8.32. The molecule has 5 atom stereocenters. The van der Waals surface area contributed by atoms with E-state index in [9.17, 15) is 28.7 Å². The second-order valence-electron chi connectivity index (χ2n) is 16.6. The van der Waals surface area contributed by atoms with E-state index in [1.807, 2.05) is 30.3 Å². The van der Waals surface area contributed by atoms with E-state index < -0.39 is 53.2 Å². The maximum Gasteiger partial charge on any atom is 0.253 e. The number of imidazole rings is 1. The van der Waals surface area contributed by atoms with Crippen LogP contribution in [-0.2, 0) is 53.0 Å². The SMILES string of the molecule is CC(C)(CC(=O)NCCOCCOCCOCCn1cc(CN2C(=O)C=CC2=O)nn1)[C@H](c1nc(-c2cc(F)ccc2F)cn1Cc1ccccc1)N1C[C@H]2C(F)CNC2[C@H](O)C1=O. The van der Waals surface area contributed by atoms with Gasteiger partial charge in [0.25, 0.3) is 17.7 Å². The molecule has 20 heteroatoms. The molecule has 3 aliphatic rings. The first-order valence-corrected chi connectivity index (χ1v) is 21.1. The molecule has 3 N–H and O–H groups in total. The molecule has 0 aliphatic carbocycles. The van der Waals surface area contributed by atoms with E-state index in [4.69, 9.17) is 19.2 Å². The number of hydrogen-bond acceptors (Lipinski definition) is 12. The van der Waals surface area contributed by atoms with Crippen LogP contribution in [0.1, 0.15) is 43.4 Å². The van der Waals surface area contributed by atoms with Crippen LogP contribution >= 0.6 is 0 Å². The van der Waals surface area contributed by atoms with Crippen LogP contribution in [0.15, 0.2) is 73.1 Å². The van der Waals surface area contributed by atoms with Gasteiger partial charge in [-0.1, -0.05) is 49.4 Å². The van der Waals surface area contributed by atoms with E-state index in [-0.39, 0.29) is 93.8 Å². The number of aliphatic hydroxyl groups is 1. The topological polar surface area (TPSA) is 195 Å². The number of imide groups is 1. The summed E-state index contributed by atoms with van der Waals surface area (Å²) in [5.41, 5.74) is 0.217. The second-order valence-corrected chi connectivity index (χ2v) is 16.6. The lowest BCUT2D eigenvalue weighted by Crippen LogP contribution is -2.61. The van der Waals surface area contributed by atoms with E-state index >= 15 is 8.78 Å². The third kappa shape index (κ3) is 11.1. The summed E-state index contributed by atoms with van der Waals surface area (Å²) in [7, 11) is 0. The molecule has 2 unspecified atom stereocenters. The smallest absolute Gasteiger partial charge is 0.253 e. The number of rotatable bonds is 22. The van der Waals surface area contributed by atoms with E-state index in [2.05, 4.69) is 20.9 Å². The zero-order valence-electron chi connectivity index (χ0n) is 35.6.